The van der Waals surface area contributed by atoms with Gasteiger partial charge in [0.25, 0.3) is 5.69 Å². The molecule has 0 amide bonds. The lowest BCUT2D eigenvalue weighted by Crippen LogP contribution is -1.93. The molecule has 0 aliphatic carbocycles. The molecule has 2 aromatic heterocycles. The minimum absolute atomic E-state index is 0.0329. The minimum atomic E-state index is -0.455. The number of H-pyrrole nitrogens is 1. The average molecular weight is 178 g/mol. The van der Waals surface area contributed by atoms with Crippen LogP contribution < -0.4 is 0 Å². The second kappa shape index (κ2) is 2.74. The molecule has 0 radical (unpaired) electrons. The molecule has 1 N–H and O–H groups in total. The molecule has 0 aliphatic heterocycles. The maximum Gasteiger partial charge on any atom is 0.288 e. The van der Waals surface area contributed by atoms with Crippen molar-refractivity contribution in [3.8, 4) is 5.82 Å². The normalized spacial score (nSPS) is 10.2. The highest BCUT2D eigenvalue weighted by atomic mass is 16.6. The Morgan fingerprint density at radius 1 is 1.62 bits per heavy atom. The summed E-state index contributed by atoms with van der Waals surface area (Å²) in [5.41, 5.74) is 0.0329. The maximum atomic E-state index is 10.3. The van der Waals surface area contributed by atoms with Crippen LogP contribution in [0.3, 0.4) is 0 Å². The number of aromatic amines is 1. The third-order valence-corrected chi connectivity index (χ3v) is 1.61. The molecule has 2 rings (SSSR count). The van der Waals surface area contributed by atoms with E-state index < -0.39 is 4.92 Å². The molecule has 0 unspecified atom stereocenters. The van der Waals surface area contributed by atoms with Gasteiger partial charge in [-0.2, -0.15) is 5.10 Å². The molecule has 0 bridgehead atoms. The number of hydrogen-bond donors (Lipinski definition) is 1. The lowest BCUT2D eigenvalue weighted by molar-refractivity contribution is -0.384. The Kier molecular flexibility index (Phi) is 1.59. The molecule has 6 heteroatoms. The molecule has 13 heavy (non-hydrogen) atoms. The molecule has 0 spiro atoms. The van der Waals surface area contributed by atoms with Crippen molar-refractivity contribution in [2.75, 3.05) is 0 Å². The van der Waals surface area contributed by atoms with Crippen LogP contribution in [-0.2, 0) is 0 Å². The van der Waals surface area contributed by atoms with Gasteiger partial charge < -0.3 is 4.98 Å². The van der Waals surface area contributed by atoms with Crippen molar-refractivity contribution in [3.05, 3.63) is 40.8 Å². The molecule has 0 saturated carbocycles. The summed E-state index contributed by atoms with van der Waals surface area (Å²) in [5, 5.41) is 14.3. The van der Waals surface area contributed by atoms with Crippen molar-refractivity contribution in [3.63, 3.8) is 0 Å². The number of nitrogens with zero attached hydrogens (tertiary/aromatic N) is 3. The van der Waals surface area contributed by atoms with Crippen molar-refractivity contribution in [2.45, 2.75) is 0 Å². The van der Waals surface area contributed by atoms with Crippen LogP contribution in [0, 0.1) is 10.1 Å². The Labute approximate surface area is 73.0 Å². The summed E-state index contributed by atoms with van der Waals surface area (Å²) in [4.78, 5) is 12.6. The van der Waals surface area contributed by atoms with Crippen LogP contribution in [0.5, 0.6) is 0 Å². The Morgan fingerprint density at radius 2 is 2.46 bits per heavy atom. The van der Waals surface area contributed by atoms with E-state index in [1.54, 1.807) is 18.5 Å². The van der Waals surface area contributed by atoms with E-state index in [1.807, 2.05) is 0 Å². The lowest BCUT2D eigenvalue weighted by atomic mass is 10.5. The quantitative estimate of drug-likeness (QED) is 0.552. The summed E-state index contributed by atoms with van der Waals surface area (Å²) in [6.45, 7) is 0. The fraction of sp³-hybridized carbons (Fsp3) is 0. The molecule has 2 aromatic rings. The number of hydrogen-bond acceptors (Lipinski definition) is 3. The summed E-state index contributed by atoms with van der Waals surface area (Å²) >= 11 is 0. The number of aromatic nitrogens is 3. The fourth-order valence-corrected chi connectivity index (χ4v) is 1.02. The second-order valence-electron chi connectivity index (χ2n) is 2.45. The van der Waals surface area contributed by atoms with Gasteiger partial charge in [0.05, 0.1) is 17.2 Å². The van der Waals surface area contributed by atoms with Gasteiger partial charge in [0.2, 0.25) is 0 Å². The molecule has 2 heterocycles. The van der Waals surface area contributed by atoms with E-state index in [0.717, 1.165) is 0 Å². The van der Waals surface area contributed by atoms with Gasteiger partial charge in [-0.15, -0.1) is 0 Å². The van der Waals surface area contributed by atoms with Crippen molar-refractivity contribution in [1.82, 2.24) is 14.8 Å². The second-order valence-corrected chi connectivity index (χ2v) is 2.45. The third-order valence-electron chi connectivity index (χ3n) is 1.61. The Balaban J connectivity index is 2.39. The summed E-state index contributed by atoms with van der Waals surface area (Å²) in [6, 6.07) is 3.17. The maximum absolute atomic E-state index is 10.3. The van der Waals surface area contributed by atoms with Gasteiger partial charge in [0, 0.05) is 12.4 Å². The average Bonchev–Trinajstić information content (AvgIpc) is 2.75. The zero-order valence-electron chi connectivity index (χ0n) is 6.54. The fourth-order valence-electron chi connectivity index (χ4n) is 1.02. The number of rotatable bonds is 2. The summed E-state index contributed by atoms with van der Waals surface area (Å²) in [5.74, 6) is 0.580. The molecule has 6 nitrogen and oxygen atoms in total. The summed E-state index contributed by atoms with van der Waals surface area (Å²) in [6.07, 6.45) is 4.64. The first-order valence-electron chi connectivity index (χ1n) is 3.60. The highest BCUT2D eigenvalue weighted by Crippen LogP contribution is 2.14. The van der Waals surface area contributed by atoms with E-state index >= 15 is 0 Å². The monoisotopic (exact) mass is 178 g/mol. The van der Waals surface area contributed by atoms with Crippen molar-refractivity contribution < 1.29 is 4.92 Å². The number of nitrogens with one attached hydrogen (secondary N) is 1. The smallest absolute Gasteiger partial charge is 0.288 e. The topological polar surface area (TPSA) is 76.8 Å². The Hall–Kier alpha value is -2.11. The predicted octanol–water partition coefficient (Wildman–Crippen LogP) is 1.11. The lowest BCUT2D eigenvalue weighted by Gasteiger charge is -1.92. The van der Waals surface area contributed by atoms with Crippen molar-refractivity contribution >= 4 is 5.69 Å². The van der Waals surface area contributed by atoms with Crippen LogP contribution in [0.25, 0.3) is 5.82 Å². The zero-order valence-corrected chi connectivity index (χ0v) is 6.54. The van der Waals surface area contributed by atoms with Gasteiger partial charge in [-0.05, 0) is 6.07 Å². The summed E-state index contributed by atoms with van der Waals surface area (Å²) < 4.78 is 1.52. The van der Waals surface area contributed by atoms with Crippen LogP contribution in [-0.4, -0.2) is 19.7 Å². The first-order chi connectivity index (χ1) is 6.27. The van der Waals surface area contributed by atoms with Crippen LogP contribution in [0.1, 0.15) is 0 Å². The Morgan fingerprint density at radius 3 is 3.00 bits per heavy atom. The standard InChI is InChI=1S/C7H6N4O2/c12-11(13)6-4-7(8-5-6)10-3-1-2-9-10/h1-5,8H. The zero-order chi connectivity index (χ0) is 9.26. The van der Waals surface area contributed by atoms with E-state index in [2.05, 4.69) is 10.1 Å². The molecule has 66 valence electrons. The van der Waals surface area contributed by atoms with Gasteiger partial charge in [0.1, 0.15) is 5.82 Å². The van der Waals surface area contributed by atoms with Crippen LogP contribution in [0.15, 0.2) is 30.7 Å². The molecule has 0 atom stereocenters. The van der Waals surface area contributed by atoms with E-state index in [1.165, 1.54) is 16.9 Å². The highest BCUT2D eigenvalue weighted by molar-refractivity contribution is 5.37. The minimum Gasteiger partial charge on any atom is -0.340 e. The largest absolute Gasteiger partial charge is 0.340 e. The van der Waals surface area contributed by atoms with Crippen molar-refractivity contribution in [2.24, 2.45) is 0 Å². The van der Waals surface area contributed by atoms with Gasteiger partial charge in [-0.3, -0.25) is 10.1 Å². The van der Waals surface area contributed by atoms with E-state index in [0.29, 0.717) is 5.82 Å². The van der Waals surface area contributed by atoms with E-state index in [4.69, 9.17) is 0 Å². The van der Waals surface area contributed by atoms with Crippen molar-refractivity contribution in [1.29, 1.82) is 0 Å². The molecule has 0 fully saturated rings. The van der Waals surface area contributed by atoms with Crippen LogP contribution >= 0.6 is 0 Å². The molecule has 0 aromatic carbocycles. The van der Waals surface area contributed by atoms with Crippen LogP contribution in [0.4, 0.5) is 5.69 Å². The highest BCUT2D eigenvalue weighted by Gasteiger charge is 2.09. The number of nitro groups is 1. The molecule has 0 saturated heterocycles. The van der Waals surface area contributed by atoms with Gasteiger partial charge in [-0.25, -0.2) is 4.68 Å². The third kappa shape index (κ3) is 1.28. The van der Waals surface area contributed by atoms with Crippen LogP contribution in [0.2, 0.25) is 0 Å². The van der Waals surface area contributed by atoms with E-state index in [-0.39, 0.29) is 5.69 Å². The van der Waals surface area contributed by atoms with Gasteiger partial charge in [0.15, 0.2) is 0 Å². The van der Waals surface area contributed by atoms with E-state index in [9.17, 15) is 10.1 Å². The van der Waals surface area contributed by atoms with Gasteiger partial charge >= 0.3 is 0 Å². The summed E-state index contributed by atoms with van der Waals surface area (Å²) in [7, 11) is 0. The first-order valence-corrected chi connectivity index (χ1v) is 3.60. The predicted molar refractivity (Wildman–Crippen MR) is 44.6 cm³/mol. The molecule has 0 aliphatic rings. The Bertz CT molecular complexity index is 417. The first kappa shape index (κ1) is 7.53. The molecular formula is C7H6N4O2. The molecular weight excluding hydrogens is 172 g/mol. The van der Waals surface area contributed by atoms with Gasteiger partial charge in [-0.1, -0.05) is 0 Å². The SMILES string of the molecule is O=[N+]([O-])c1c[nH]c(-n2cccn2)c1.